The molecule has 0 radical (unpaired) electrons. The number of hydrogen-bond acceptors (Lipinski definition) is 3. The minimum atomic E-state index is -0.459. The molecule has 0 atom stereocenters. The molecule has 110 valence electrons. The van der Waals surface area contributed by atoms with Crippen molar-refractivity contribution in [1.82, 2.24) is 5.32 Å². The number of carbonyl (C=O) groups is 1. The molecule has 0 spiro atoms. The maximum atomic E-state index is 12.1. The fourth-order valence-corrected chi connectivity index (χ4v) is 3.17. The average molecular weight is 268 g/mol. The highest BCUT2D eigenvalue weighted by Crippen LogP contribution is 2.58. The predicted molar refractivity (Wildman–Crippen MR) is 75.9 cm³/mol. The van der Waals surface area contributed by atoms with Gasteiger partial charge in [-0.1, -0.05) is 13.8 Å². The monoisotopic (exact) mass is 268 g/mol. The van der Waals surface area contributed by atoms with E-state index in [2.05, 4.69) is 19.2 Å². The largest absolute Gasteiger partial charge is 0.444 e. The van der Waals surface area contributed by atoms with Gasteiger partial charge in [-0.15, -0.1) is 0 Å². The van der Waals surface area contributed by atoms with Crippen LogP contribution >= 0.6 is 0 Å². The second-order valence-electron chi connectivity index (χ2n) is 7.84. The van der Waals surface area contributed by atoms with E-state index in [1.54, 1.807) is 0 Å². The highest BCUT2D eigenvalue weighted by molar-refractivity contribution is 5.69. The van der Waals surface area contributed by atoms with Crippen LogP contribution in [0.15, 0.2) is 0 Å². The van der Waals surface area contributed by atoms with Crippen molar-refractivity contribution in [3.63, 3.8) is 0 Å². The molecule has 0 aromatic heterocycles. The van der Waals surface area contributed by atoms with Gasteiger partial charge in [0.25, 0.3) is 0 Å². The Hall–Kier alpha value is -0.770. The summed E-state index contributed by atoms with van der Waals surface area (Å²) in [7, 11) is 0. The zero-order valence-electron chi connectivity index (χ0n) is 12.9. The Morgan fingerprint density at radius 3 is 1.95 bits per heavy atom. The average Bonchev–Trinajstić information content (AvgIpc) is 2.88. The molecule has 1 amide bonds. The van der Waals surface area contributed by atoms with Gasteiger partial charge in [0.05, 0.1) is 5.54 Å². The van der Waals surface area contributed by atoms with Crippen molar-refractivity contribution in [3.8, 4) is 0 Å². The second-order valence-corrected chi connectivity index (χ2v) is 7.84. The van der Waals surface area contributed by atoms with E-state index in [-0.39, 0.29) is 22.6 Å². The summed E-state index contributed by atoms with van der Waals surface area (Å²) < 4.78 is 5.41. The summed E-state index contributed by atoms with van der Waals surface area (Å²) in [5.74, 6) is 0. The fraction of sp³-hybridized carbons (Fsp3) is 0.933. The van der Waals surface area contributed by atoms with E-state index in [9.17, 15) is 4.79 Å². The van der Waals surface area contributed by atoms with Crippen LogP contribution in [0.4, 0.5) is 4.79 Å². The molecule has 19 heavy (non-hydrogen) atoms. The van der Waals surface area contributed by atoms with Gasteiger partial charge in [-0.2, -0.15) is 0 Å². The second kappa shape index (κ2) is 4.11. The molecule has 3 N–H and O–H groups in total. The Labute approximate surface area is 116 Å². The number of nitrogens with one attached hydrogen (secondary N) is 1. The number of alkyl carbamates (subject to hydrolysis) is 1. The maximum absolute atomic E-state index is 12.1. The van der Waals surface area contributed by atoms with Crippen molar-refractivity contribution < 1.29 is 9.53 Å². The van der Waals surface area contributed by atoms with E-state index in [4.69, 9.17) is 10.5 Å². The Morgan fingerprint density at radius 2 is 1.63 bits per heavy atom. The first kappa shape index (κ1) is 14.6. The van der Waals surface area contributed by atoms with Crippen molar-refractivity contribution in [2.24, 2.45) is 11.1 Å². The Morgan fingerprint density at radius 1 is 1.11 bits per heavy atom. The summed E-state index contributed by atoms with van der Waals surface area (Å²) in [6.45, 7) is 10.0. The SMILES string of the molecule is CC(C)(C)OC(=O)NC1(C(C)(C)C2(N)CC2)CCC1. The van der Waals surface area contributed by atoms with Crippen LogP contribution in [0.2, 0.25) is 0 Å². The quantitative estimate of drug-likeness (QED) is 0.827. The van der Waals surface area contributed by atoms with Crippen LogP contribution in [0.1, 0.15) is 66.7 Å². The zero-order chi connectivity index (χ0) is 14.5. The van der Waals surface area contributed by atoms with Gasteiger partial charge >= 0.3 is 6.09 Å². The lowest BCUT2D eigenvalue weighted by atomic mass is 9.56. The van der Waals surface area contributed by atoms with E-state index in [1.165, 1.54) is 0 Å². The molecule has 4 heteroatoms. The van der Waals surface area contributed by atoms with Gasteiger partial charge in [-0.3, -0.25) is 0 Å². The molecule has 0 aliphatic heterocycles. The number of carbonyl (C=O) groups excluding carboxylic acids is 1. The van der Waals surface area contributed by atoms with E-state index in [1.807, 2.05) is 20.8 Å². The van der Waals surface area contributed by atoms with E-state index < -0.39 is 5.60 Å². The van der Waals surface area contributed by atoms with E-state index in [0.717, 1.165) is 32.1 Å². The molecule has 2 saturated carbocycles. The molecule has 0 aromatic rings. The minimum absolute atomic E-state index is 0.0881. The third-order valence-corrected chi connectivity index (χ3v) is 5.18. The molecule has 0 saturated heterocycles. The summed E-state index contributed by atoms with van der Waals surface area (Å²) in [5.41, 5.74) is 5.57. The summed E-state index contributed by atoms with van der Waals surface area (Å²) in [6.07, 6.45) is 4.94. The third-order valence-electron chi connectivity index (χ3n) is 5.18. The van der Waals surface area contributed by atoms with Gasteiger partial charge in [0, 0.05) is 11.0 Å². The number of ether oxygens (including phenoxy) is 1. The normalized spacial score (nSPS) is 24.3. The molecule has 0 bridgehead atoms. The van der Waals surface area contributed by atoms with Crippen LogP contribution in [0.5, 0.6) is 0 Å². The molecule has 2 fully saturated rings. The molecule has 0 unspecified atom stereocenters. The van der Waals surface area contributed by atoms with Crippen molar-refractivity contribution in [2.45, 2.75) is 83.4 Å². The number of rotatable bonds is 3. The van der Waals surface area contributed by atoms with Crippen LogP contribution in [0, 0.1) is 5.41 Å². The predicted octanol–water partition coefficient (Wildman–Crippen LogP) is 2.95. The van der Waals surface area contributed by atoms with Crippen LogP contribution < -0.4 is 11.1 Å². The van der Waals surface area contributed by atoms with Crippen LogP contribution in [0.25, 0.3) is 0 Å². The smallest absolute Gasteiger partial charge is 0.408 e. The topological polar surface area (TPSA) is 64.3 Å². The Kier molecular flexibility index (Phi) is 3.17. The first-order valence-corrected chi connectivity index (χ1v) is 7.32. The molecular weight excluding hydrogens is 240 g/mol. The van der Waals surface area contributed by atoms with Crippen molar-refractivity contribution in [3.05, 3.63) is 0 Å². The van der Waals surface area contributed by atoms with Crippen LogP contribution in [-0.2, 0) is 4.74 Å². The minimum Gasteiger partial charge on any atom is -0.444 e. The zero-order valence-corrected chi connectivity index (χ0v) is 12.9. The van der Waals surface area contributed by atoms with Gasteiger partial charge in [-0.05, 0) is 52.9 Å². The molecule has 4 nitrogen and oxygen atoms in total. The van der Waals surface area contributed by atoms with Crippen molar-refractivity contribution >= 4 is 6.09 Å². The number of nitrogens with two attached hydrogens (primary N) is 1. The van der Waals surface area contributed by atoms with Gasteiger partial charge in [0.15, 0.2) is 0 Å². The maximum Gasteiger partial charge on any atom is 0.408 e. The Bertz CT molecular complexity index is 374. The standard InChI is InChI=1S/C15H28N2O2/c1-12(2,3)19-11(18)17-15(7-6-8-15)13(4,5)14(16)9-10-14/h6-10,16H2,1-5H3,(H,17,18). The first-order valence-electron chi connectivity index (χ1n) is 7.32. The number of amides is 1. The molecular formula is C15H28N2O2. The lowest BCUT2D eigenvalue weighted by Gasteiger charge is -2.56. The van der Waals surface area contributed by atoms with Gasteiger partial charge in [0.1, 0.15) is 5.60 Å². The van der Waals surface area contributed by atoms with Crippen LogP contribution in [-0.4, -0.2) is 22.8 Å². The highest BCUT2D eigenvalue weighted by Gasteiger charge is 2.63. The molecule has 2 rings (SSSR count). The molecule has 2 aliphatic carbocycles. The summed E-state index contributed by atoms with van der Waals surface area (Å²) in [6, 6.07) is 0. The molecule has 0 aromatic carbocycles. The summed E-state index contributed by atoms with van der Waals surface area (Å²) in [5, 5.41) is 3.13. The van der Waals surface area contributed by atoms with E-state index >= 15 is 0 Å². The van der Waals surface area contributed by atoms with Gasteiger partial charge in [0.2, 0.25) is 0 Å². The Balaban J connectivity index is 2.09. The summed E-state index contributed by atoms with van der Waals surface area (Å²) in [4.78, 5) is 12.1. The van der Waals surface area contributed by atoms with E-state index in [0.29, 0.717) is 0 Å². The molecule has 0 heterocycles. The van der Waals surface area contributed by atoms with Crippen LogP contribution in [0.3, 0.4) is 0 Å². The lowest BCUT2D eigenvalue weighted by Crippen LogP contribution is -2.68. The highest BCUT2D eigenvalue weighted by atomic mass is 16.6. The lowest BCUT2D eigenvalue weighted by molar-refractivity contribution is -0.0101. The van der Waals surface area contributed by atoms with Gasteiger partial charge in [-0.25, -0.2) is 4.79 Å². The van der Waals surface area contributed by atoms with Crippen molar-refractivity contribution in [1.29, 1.82) is 0 Å². The first-order chi connectivity index (χ1) is 8.52. The third kappa shape index (κ3) is 2.47. The van der Waals surface area contributed by atoms with Crippen molar-refractivity contribution in [2.75, 3.05) is 0 Å². The fourth-order valence-electron chi connectivity index (χ4n) is 3.17. The molecule has 2 aliphatic rings. The van der Waals surface area contributed by atoms with Gasteiger partial charge < -0.3 is 15.8 Å². The summed E-state index contributed by atoms with van der Waals surface area (Å²) >= 11 is 0. The number of hydrogen-bond donors (Lipinski definition) is 2.